The van der Waals surface area contributed by atoms with Crippen LogP contribution in [0, 0.1) is 0 Å². The third-order valence-corrected chi connectivity index (χ3v) is 6.06. The fraction of sp³-hybridized carbons (Fsp3) is 0.458. The zero-order valence-corrected chi connectivity index (χ0v) is 19.8. The third-order valence-electron chi connectivity index (χ3n) is 6.06. The summed E-state index contributed by atoms with van der Waals surface area (Å²) in [5.74, 6) is 1.86. The first-order chi connectivity index (χ1) is 14.3. The van der Waals surface area contributed by atoms with E-state index in [0.717, 1.165) is 24.7 Å². The van der Waals surface area contributed by atoms with Gasteiger partial charge in [0, 0.05) is 44.2 Å². The number of furan rings is 1. The predicted octanol–water partition coefficient (Wildman–Crippen LogP) is 4.36. The Hall–Kier alpha value is -1.80. The summed E-state index contributed by atoms with van der Waals surface area (Å²) in [6, 6.07) is 16.6. The summed E-state index contributed by atoms with van der Waals surface area (Å²) in [5.41, 5.74) is 1.42. The Morgan fingerprint density at radius 3 is 2.57 bits per heavy atom. The van der Waals surface area contributed by atoms with Crippen molar-refractivity contribution >= 4 is 29.9 Å². The third kappa shape index (κ3) is 6.11. The first-order valence-corrected chi connectivity index (χ1v) is 10.8. The van der Waals surface area contributed by atoms with E-state index in [1.165, 1.54) is 31.2 Å². The minimum Gasteiger partial charge on any atom is -0.469 e. The number of benzene rings is 1. The van der Waals surface area contributed by atoms with E-state index < -0.39 is 0 Å². The standard InChI is InChI=1S/C24H32N4O.HI/c1-2-13-25-24(26-14-12-23-9-6-15-29-23)27-20-16-21-10-11-22(17-20)28(21)18-19-7-4-3-5-8-19;/h2-9,15,20-22H,1,10-14,16-18H2,(H2,25,26,27);1H. The molecule has 0 radical (unpaired) electrons. The van der Waals surface area contributed by atoms with E-state index >= 15 is 0 Å². The maximum absolute atomic E-state index is 5.41. The van der Waals surface area contributed by atoms with Gasteiger partial charge in [-0.15, -0.1) is 30.6 Å². The minimum atomic E-state index is 0. The van der Waals surface area contributed by atoms with Gasteiger partial charge in [0.2, 0.25) is 0 Å². The van der Waals surface area contributed by atoms with Crippen LogP contribution in [0.3, 0.4) is 0 Å². The molecule has 2 atom stereocenters. The normalized spacial score (nSPS) is 23.6. The van der Waals surface area contributed by atoms with Crippen LogP contribution in [0.25, 0.3) is 0 Å². The number of hydrogen-bond donors (Lipinski definition) is 2. The molecule has 2 unspecified atom stereocenters. The van der Waals surface area contributed by atoms with Crippen LogP contribution >= 0.6 is 24.0 Å². The van der Waals surface area contributed by atoms with Crippen LogP contribution in [0.2, 0.25) is 0 Å². The highest BCUT2D eigenvalue weighted by Crippen LogP contribution is 2.36. The molecule has 4 rings (SSSR count). The van der Waals surface area contributed by atoms with Gasteiger partial charge in [-0.3, -0.25) is 9.89 Å². The van der Waals surface area contributed by atoms with Gasteiger partial charge in [0.05, 0.1) is 6.26 Å². The van der Waals surface area contributed by atoms with Gasteiger partial charge < -0.3 is 15.1 Å². The van der Waals surface area contributed by atoms with Crippen LogP contribution in [-0.4, -0.2) is 42.1 Å². The lowest BCUT2D eigenvalue weighted by atomic mass is 9.96. The van der Waals surface area contributed by atoms with Crippen molar-refractivity contribution in [3.05, 3.63) is 72.7 Å². The highest BCUT2D eigenvalue weighted by atomic mass is 127. The highest BCUT2D eigenvalue weighted by Gasteiger charge is 2.40. The lowest BCUT2D eigenvalue weighted by Gasteiger charge is -2.39. The van der Waals surface area contributed by atoms with Gasteiger partial charge in [0.1, 0.15) is 5.76 Å². The molecule has 2 aliphatic rings. The Morgan fingerprint density at radius 2 is 1.90 bits per heavy atom. The van der Waals surface area contributed by atoms with Gasteiger partial charge in [0.15, 0.2) is 5.96 Å². The van der Waals surface area contributed by atoms with E-state index in [1.54, 1.807) is 6.26 Å². The molecule has 2 saturated heterocycles. The molecule has 2 aromatic rings. The molecule has 30 heavy (non-hydrogen) atoms. The van der Waals surface area contributed by atoms with Crippen molar-refractivity contribution in [3.63, 3.8) is 0 Å². The van der Waals surface area contributed by atoms with Gasteiger partial charge in [-0.25, -0.2) is 0 Å². The van der Waals surface area contributed by atoms with Crippen molar-refractivity contribution in [2.45, 2.75) is 56.8 Å². The average Bonchev–Trinajstić information content (AvgIpc) is 3.33. The van der Waals surface area contributed by atoms with E-state index in [2.05, 4.69) is 52.4 Å². The van der Waals surface area contributed by atoms with Crippen LogP contribution in [0.4, 0.5) is 0 Å². The van der Waals surface area contributed by atoms with Crippen molar-refractivity contribution in [2.75, 3.05) is 13.1 Å². The number of nitrogens with one attached hydrogen (secondary N) is 2. The number of hydrogen-bond acceptors (Lipinski definition) is 3. The molecular weight excluding hydrogens is 487 g/mol. The van der Waals surface area contributed by atoms with Gasteiger partial charge in [-0.2, -0.15) is 0 Å². The molecule has 2 bridgehead atoms. The van der Waals surface area contributed by atoms with E-state index in [1.807, 2.05) is 18.2 Å². The quantitative estimate of drug-likeness (QED) is 0.235. The summed E-state index contributed by atoms with van der Waals surface area (Å²) in [4.78, 5) is 7.48. The monoisotopic (exact) mass is 520 g/mol. The lowest BCUT2D eigenvalue weighted by molar-refractivity contribution is 0.114. The molecule has 0 amide bonds. The smallest absolute Gasteiger partial charge is 0.191 e. The molecule has 162 valence electrons. The Morgan fingerprint density at radius 1 is 1.13 bits per heavy atom. The molecular formula is C24H33IN4O. The lowest BCUT2D eigenvalue weighted by Crippen LogP contribution is -2.52. The summed E-state index contributed by atoms with van der Waals surface area (Å²) in [7, 11) is 0. The van der Waals surface area contributed by atoms with Gasteiger partial charge in [-0.1, -0.05) is 36.4 Å². The van der Waals surface area contributed by atoms with Gasteiger partial charge in [0.25, 0.3) is 0 Å². The number of aliphatic imine (C=N–C) groups is 1. The molecule has 5 nitrogen and oxygen atoms in total. The second-order valence-electron chi connectivity index (χ2n) is 8.08. The molecule has 2 aliphatic heterocycles. The van der Waals surface area contributed by atoms with Crippen molar-refractivity contribution < 1.29 is 4.42 Å². The molecule has 2 fully saturated rings. The van der Waals surface area contributed by atoms with Crippen molar-refractivity contribution in [3.8, 4) is 0 Å². The van der Waals surface area contributed by atoms with E-state index in [-0.39, 0.29) is 24.0 Å². The maximum atomic E-state index is 5.41. The molecule has 1 aromatic heterocycles. The van der Waals surface area contributed by atoms with Gasteiger partial charge in [-0.05, 0) is 43.4 Å². The summed E-state index contributed by atoms with van der Waals surface area (Å²) in [5, 5.41) is 7.06. The fourth-order valence-electron chi connectivity index (χ4n) is 4.69. The molecule has 0 spiro atoms. The first kappa shape index (κ1) is 22.9. The highest BCUT2D eigenvalue weighted by molar-refractivity contribution is 14.0. The number of fused-ring (bicyclic) bond motifs is 2. The summed E-state index contributed by atoms with van der Waals surface area (Å²) in [6.45, 7) is 6.31. The van der Waals surface area contributed by atoms with Crippen LogP contribution in [0.5, 0.6) is 0 Å². The van der Waals surface area contributed by atoms with Crippen molar-refractivity contribution in [1.29, 1.82) is 0 Å². The number of piperidine rings is 1. The topological polar surface area (TPSA) is 52.8 Å². The fourth-order valence-corrected chi connectivity index (χ4v) is 4.69. The van der Waals surface area contributed by atoms with E-state index in [9.17, 15) is 0 Å². The van der Waals surface area contributed by atoms with Crippen LogP contribution < -0.4 is 10.6 Å². The molecule has 0 aliphatic carbocycles. The Balaban J connectivity index is 0.00000256. The Kier molecular flexibility index (Phi) is 8.81. The molecule has 0 saturated carbocycles. The van der Waals surface area contributed by atoms with Gasteiger partial charge >= 0.3 is 0 Å². The summed E-state index contributed by atoms with van der Waals surface area (Å²) in [6.07, 6.45) is 9.37. The zero-order valence-electron chi connectivity index (χ0n) is 17.5. The number of nitrogens with zero attached hydrogens (tertiary/aromatic N) is 2. The van der Waals surface area contributed by atoms with Crippen molar-refractivity contribution in [1.82, 2.24) is 15.5 Å². The summed E-state index contributed by atoms with van der Waals surface area (Å²) < 4.78 is 5.41. The van der Waals surface area contributed by atoms with E-state index in [0.29, 0.717) is 31.2 Å². The predicted molar refractivity (Wildman–Crippen MR) is 133 cm³/mol. The largest absolute Gasteiger partial charge is 0.469 e. The van der Waals surface area contributed by atoms with Crippen LogP contribution in [-0.2, 0) is 13.0 Å². The number of guanidine groups is 1. The molecule has 6 heteroatoms. The number of rotatable bonds is 8. The van der Waals surface area contributed by atoms with Crippen LogP contribution in [0.1, 0.15) is 37.0 Å². The SMILES string of the molecule is C=CCNC(=NCCc1ccco1)NC1CC2CCC(C1)N2Cc1ccccc1.I. The maximum Gasteiger partial charge on any atom is 0.191 e. The summed E-state index contributed by atoms with van der Waals surface area (Å²) >= 11 is 0. The van der Waals surface area contributed by atoms with Crippen molar-refractivity contribution in [2.24, 2.45) is 4.99 Å². The second-order valence-corrected chi connectivity index (χ2v) is 8.08. The molecule has 3 heterocycles. The average molecular weight is 520 g/mol. The minimum absolute atomic E-state index is 0. The molecule has 2 N–H and O–H groups in total. The van der Waals surface area contributed by atoms with Crippen LogP contribution in [0.15, 0.2) is 70.8 Å². The van der Waals surface area contributed by atoms with E-state index in [4.69, 9.17) is 9.41 Å². The first-order valence-electron chi connectivity index (χ1n) is 10.8. The molecule has 1 aromatic carbocycles. The zero-order chi connectivity index (χ0) is 19.9. The second kappa shape index (κ2) is 11.6. The Labute approximate surface area is 197 Å². The Bertz CT molecular complexity index is 779. The number of halogens is 1.